The Kier molecular flexibility index (Phi) is 4.73. The lowest BCUT2D eigenvalue weighted by atomic mass is 9.99. The lowest BCUT2D eigenvalue weighted by molar-refractivity contribution is 0.434. The fourth-order valence-electron chi connectivity index (χ4n) is 3.32. The van der Waals surface area contributed by atoms with Crippen molar-refractivity contribution in [2.75, 3.05) is 24.2 Å². The van der Waals surface area contributed by atoms with Gasteiger partial charge in [-0.05, 0) is 32.6 Å². The largest absolute Gasteiger partial charge is 0.353 e. The molecule has 1 saturated heterocycles. The van der Waals surface area contributed by atoms with Crippen molar-refractivity contribution in [2.24, 2.45) is 7.05 Å². The van der Waals surface area contributed by atoms with E-state index in [0.717, 1.165) is 54.9 Å². The van der Waals surface area contributed by atoms with E-state index in [0.29, 0.717) is 6.54 Å². The molecule has 0 amide bonds. The Labute approximate surface area is 142 Å². The first-order valence-corrected chi connectivity index (χ1v) is 10.1. The first-order valence-electron chi connectivity index (χ1n) is 8.23. The van der Waals surface area contributed by atoms with Crippen LogP contribution in [0.25, 0.3) is 11.0 Å². The molecule has 3 heterocycles. The van der Waals surface area contributed by atoms with Crippen molar-refractivity contribution in [3.8, 4) is 0 Å². The van der Waals surface area contributed by atoms with Crippen LogP contribution in [0.2, 0.25) is 0 Å². The molecule has 8 nitrogen and oxygen atoms in total. The molecular formula is C15H24N6O2S. The number of aryl methyl sites for hydroxylation is 2. The van der Waals surface area contributed by atoms with Crippen LogP contribution in [0.15, 0.2) is 6.20 Å². The van der Waals surface area contributed by atoms with Crippen molar-refractivity contribution in [3.05, 3.63) is 12.0 Å². The van der Waals surface area contributed by atoms with E-state index in [1.165, 1.54) is 6.26 Å². The van der Waals surface area contributed by atoms with Crippen molar-refractivity contribution in [1.29, 1.82) is 0 Å². The topological polar surface area (TPSA) is 93.0 Å². The van der Waals surface area contributed by atoms with Crippen LogP contribution in [0.1, 0.15) is 31.5 Å². The smallest absolute Gasteiger partial charge is 0.208 e. The Morgan fingerprint density at radius 3 is 2.88 bits per heavy atom. The van der Waals surface area contributed by atoms with E-state index in [2.05, 4.69) is 24.7 Å². The second kappa shape index (κ2) is 6.64. The number of sulfonamides is 1. The van der Waals surface area contributed by atoms with Gasteiger partial charge in [0.1, 0.15) is 11.6 Å². The fraction of sp³-hybridized carbons (Fsp3) is 0.667. The Hall–Kier alpha value is -1.74. The van der Waals surface area contributed by atoms with Gasteiger partial charge in [0.15, 0.2) is 5.65 Å². The molecule has 132 valence electrons. The summed E-state index contributed by atoms with van der Waals surface area (Å²) in [5, 5.41) is 5.26. The minimum absolute atomic E-state index is 0.269. The molecule has 1 aliphatic rings. The third kappa shape index (κ3) is 3.67. The van der Waals surface area contributed by atoms with E-state index in [1.807, 2.05) is 20.2 Å². The number of hydrogen-bond acceptors (Lipinski definition) is 6. The summed E-state index contributed by atoms with van der Waals surface area (Å²) < 4.78 is 26.9. The van der Waals surface area contributed by atoms with Crippen molar-refractivity contribution in [1.82, 2.24) is 24.5 Å². The van der Waals surface area contributed by atoms with Gasteiger partial charge in [-0.3, -0.25) is 4.68 Å². The van der Waals surface area contributed by atoms with Crippen molar-refractivity contribution < 1.29 is 8.42 Å². The van der Waals surface area contributed by atoms with Gasteiger partial charge in [-0.25, -0.2) is 23.1 Å². The Morgan fingerprint density at radius 1 is 1.33 bits per heavy atom. The fourth-order valence-corrected chi connectivity index (χ4v) is 3.81. The highest BCUT2D eigenvalue weighted by atomic mass is 32.2. The molecule has 1 fully saturated rings. The molecule has 0 saturated carbocycles. The van der Waals surface area contributed by atoms with Crippen LogP contribution in [0.4, 0.5) is 5.82 Å². The maximum Gasteiger partial charge on any atom is 0.208 e. The van der Waals surface area contributed by atoms with Gasteiger partial charge in [0, 0.05) is 26.2 Å². The summed E-state index contributed by atoms with van der Waals surface area (Å²) in [5.74, 6) is 1.63. The molecule has 0 radical (unpaired) electrons. The predicted octanol–water partition coefficient (Wildman–Crippen LogP) is 0.970. The lowest BCUT2D eigenvalue weighted by Gasteiger charge is -2.37. The molecule has 1 N–H and O–H groups in total. The van der Waals surface area contributed by atoms with Gasteiger partial charge in [0.2, 0.25) is 10.0 Å². The van der Waals surface area contributed by atoms with Crippen LogP contribution in [-0.2, 0) is 17.1 Å². The first kappa shape index (κ1) is 17.1. The first-order chi connectivity index (χ1) is 11.3. The van der Waals surface area contributed by atoms with Gasteiger partial charge in [-0.1, -0.05) is 0 Å². The normalized spacial score (nSPS) is 19.1. The van der Waals surface area contributed by atoms with Crippen molar-refractivity contribution in [2.45, 2.75) is 38.6 Å². The molecule has 1 atom stereocenters. The average molecular weight is 352 g/mol. The monoisotopic (exact) mass is 352 g/mol. The van der Waals surface area contributed by atoms with Gasteiger partial charge < -0.3 is 4.90 Å². The zero-order valence-electron chi connectivity index (χ0n) is 14.4. The highest BCUT2D eigenvalue weighted by molar-refractivity contribution is 7.88. The quantitative estimate of drug-likeness (QED) is 0.862. The molecule has 1 aliphatic heterocycles. The van der Waals surface area contributed by atoms with Crippen molar-refractivity contribution >= 4 is 26.9 Å². The minimum Gasteiger partial charge on any atom is -0.353 e. The lowest BCUT2D eigenvalue weighted by Crippen LogP contribution is -2.42. The van der Waals surface area contributed by atoms with Gasteiger partial charge in [-0.15, -0.1) is 0 Å². The summed E-state index contributed by atoms with van der Waals surface area (Å²) in [6.45, 7) is 3.25. The molecule has 3 rings (SSSR count). The van der Waals surface area contributed by atoms with E-state index in [-0.39, 0.29) is 6.04 Å². The summed E-state index contributed by atoms with van der Waals surface area (Å²) in [6, 6.07) is 0.269. The molecule has 0 aromatic carbocycles. The van der Waals surface area contributed by atoms with Gasteiger partial charge in [0.05, 0.1) is 17.8 Å². The van der Waals surface area contributed by atoms with E-state index < -0.39 is 10.0 Å². The summed E-state index contributed by atoms with van der Waals surface area (Å²) in [5.41, 5.74) is 0.830. The molecule has 1 unspecified atom stereocenters. The second-order valence-corrected chi connectivity index (χ2v) is 8.23. The van der Waals surface area contributed by atoms with E-state index >= 15 is 0 Å². The predicted molar refractivity (Wildman–Crippen MR) is 93.5 cm³/mol. The molecule has 0 aliphatic carbocycles. The zero-order valence-corrected chi connectivity index (χ0v) is 15.2. The van der Waals surface area contributed by atoms with Crippen LogP contribution < -0.4 is 9.62 Å². The van der Waals surface area contributed by atoms with Crippen LogP contribution in [0.3, 0.4) is 0 Å². The highest BCUT2D eigenvalue weighted by Gasteiger charge is 2.26. The van der Waals surface area contributed by atoms with Crippen LogP contribution in [-0.4, -0.2) is 53.6 Å². The number of hydrogen-bond donors (Lipinski definition) is 1. The number of nitrogens with zero attached hydrogens (tertiary/aromatic N) is 5. The molecule has 24 heavy (non-hydrogen) atoms. The average Bonchev–Trinajstić information content (AvgIpc) is 2.87. The molecule has 0 spiro atoms. The summed E-state index contributed by atoms with van der Waals surface area (Å²) in [7, 11) is -1.28. The summed E-state index contributed by atoms with van der Waals surface area (Å²) in [6.07, 6.45) is 7.07. The molecule has 2 aromatic rings. The van der Waals surface area contributed by atoms with Gasteiger partial charge in [-0.2, -0.15) is 5.10 Å². The maximum absolute atomic E-state index is 11.3. The Bertz CT molecular complexity index is 832. The minimum atomic E-state index is -3.15. The summed E-state index contributed by atoms with van der Waals surface area (Å²) in [4.78, 5) is 11.4. The SMILES string of the molecule is Cc1nc(N2CCCCC2CCNS(C)(=O)=O)c2cnn(C)c2n1. The summed E-state index contributed by atoms with van der Waals surface area (Å²) >= 11 is 0. The second-order valence-electron chi connectivity index (χ2n) is 6.40. The maximum atomic E-state index is 11.3. The number of fused-ring (bicyclic) bond motifs is 1. The number of piperidine rings is 1. The van der Waals surface area contributed by atoms with Crippen LogP contribution in [0, 0.1) is 6.92 Å². The van der Waals surface area contributed by atoms with Gasteiger partial charge >= 0.3 is 0 Å². The standard InChI is InChI=1S/C15H24N6O2S/c1-11-18-14-13(10-16-20(14)2)15(19-11)21-9-5-4-6-12(21)7-8-17-24(3,22)23/h10,12,17H,4-9H2,1-3H3. The number of aromatic nitrogens is 4. The number of nitrogens with one attached hydrogen (secondary N) is 1. The van der Waals surface area contributed by atoms with Crippen molar-refractivity contribution in [3.63, 3.8) is 0 Å². The number of rotatable bonds is 5. The van der Waals surface area contributed by atoms with E-state index in [4.69, 9.17) is 0 Å². The van der Waals surface area contributed by atoms with Crippen LogP contribution in [0.5, 0.6) is 0 Å². The molecular weight excluding hydrogens is 328 g/mol. The molecule has 9 heteroatoms. The third-order valence-corrected chi connectivity index (χ3v) is 5.15. The zero-order chi connectivity index (χ0) is 17.3. The Morgan fingerprint density at radius 2 is 2.12 bits per heavy atom. The number of anilines is 1. The Balaban J connectivity index is 1.88. The van der Waals surface area contributed by atoms with Gasteiger partial charge in [0.25, 0.3) is 0 Å². The van der Waals surface area contributed by atoms with E-state index in [1.54, 1.807) is 4.68 Å². The third-order valence-electron chi connectivity index (χ3n) is 4.42. The molecule has 0 bridgehead atoms. The highest BCUT2D eigenvalue weighted by Crippen LogP contribution is 2.30. The van der Waals surface area contributed by atoms with Crippen LogP contribution >= 0.6 is 0 Å². The van der Waals surface area contributed by atoms with E-state index in [9.17, 15) is 8.42 Å². The molecule has 2 aromatic heterocycles.